The normalized spacial score (nSPS) is 32.3. The molecule has 10 nitrogen and oxygen atoms in total. The largest absolute Gasteiger partial charge is 0.394 e. The summed E-state index contributed by atoms with van der Waals surface area (Å²) in [4.78, 5) is 38.7. The number of aliphatic hydroxyl groups is 3. The van der Waals surface area contributed by atoms with Crippen molar-refractivity contribution in [3.8, 4) is 0 Å². The predicted octanol–water partition coefficient (Wildman–Crippen LogP) is 0.418. The van der Waals surface area contributed by atoms with Crippen LogP contribution in [0.4, 0.5) is 5.69 Å². The molecule has 0 bridgehead atoms. The minimum Gasteiger partial charge on any atom is -0.394 e. The van der Waals surface area contributed by atoms with Crippen LogP contribution in [0.1, 0.15) is 29.5 Å². The molecule has 6 atom stereocenters. The summed E-state index contributed by atoms with van der Waals surface area (Å²) in [5.74, 6) is -1.23. The Morgan fingerprint density at radius 3 is 2.64 bits per heavy atom. The van der Waals surface area contributed by atoms with Crippen LogP contribution in [-0.4, -0.2) is 82.0 Å². The Balaban J connectivity index is 1.35. The summed E-state index contributed by atoms with van der Waals surface area (Å²) < 4.78 is 11.3. The van der Waals surface area contributed by atoms with Crippen molar-refractivity contribution >= 4 is 68.7 Å². The predicted molar refractivity (Wildman–Crippen MR) is 141 cm³/mol. The lowest BCUT2D eigenvalue weighted by Gasteiger charge is -2.45. The first-order valence-corrected chi connectivity index (χ1v) is 13.1. The van der Waals surface area contributed by atoms with Crippen molar-refractivity contribution in [3.05, 3.63) is 50.1 Å². The maximum atomic E-state index is 12.7. The molecule has 0 saturated carbocycles. The lowest BCUT2D eigenvalue weighted by atomic mass is 9.79. The quantitative estimate of drug-likeness (QED) is 0.446. The van der Waals surface area contributed by atoms with Gasteiger partial charge in [0.1, 0.15) is 35.3 Å². The summed E-state index contributed by atoms with van der Waals surface area (Å²) in [7, 11) is 1.37. The van der Waals surface area contributed by atoms with E-state index in [0.717, 1.165) is 5.57 Å². The minimum atomic E-state index is -1.33. The molecule has 1 aromatic carbocycles. The van der Waals surface area contributed by atoms with Gasteiger partial charge in [0.2, 0.25) is 0 Å². The van der Waals surface area contributed by atoms with Crippen LogP contribution in [0.25, 0.3) is 17.3 Å². The lowest BCUT2D eigenvalue weighted by Crippen LogP contribution is -2.61. The Labute approximate surface area is 231 Å². The highest BCUT2D eigenvalue weighted by Crippen LogP contribution is 2.46. The zero-order valence-electron chi connectivity index (χ0n) is 20.4. The topological polar surface area (TPSA) is 150 Å². The molecule has 12 heteroatoms. The van der Waals surface area contributed by atoms with Gasteiger partial charge in [0.25, 0.3) is 0 Å². The summed E-state index contributed by atoms with van der Waals surface area (Å²) in [6, 6.07) is 0. The number of hydrogen-bond acceptors (Lipinski definition) is 10. The van der Waals surface area contributed by atoms with Crippen molar-refractivity contribution in [2.24, 2.45) is 20.9 Å². The van der Waals surface area contributed by atoms with Crippen LogP contribution >= 0.6 is 23.2 Å². The maximum absolute atomic E-state index is 12.7. The van der Waals surface area contributed by atoms with E-state index in [-0.39, 0.29) is 35.3 Å². The number of carbonyl (C=O) groups is 2. The average Bonchev–Trinajstić information content (AvgIpc) is 3.58. The fraction of sp³-hybridized carbons (Fsp3) is 0.370. The number of methoxy groups -OCH3 is 1. The molecule has 4 heterocycles. The Morgan fingerprint density at radius 1 is 1.10 bits per heavy atom. The summed E-state index contributed by atoms with van der Waals surface area (Å²) in [6.45, 7) is -0.419. The van der Waals surface area contributed by atoms with Crippen molar-refractivity contribution < 1.29 is 34.4 Å². The van der Waals surface area contributed by atoms with Gasteiger partial charge >= 0.3 is 0 Å². The van der Waals surface area contributed by atoms with Gasteiger partial charge in [0.05, 0.1) is 35.9 Å². The van der Waals surface area contributed by atoms with Crippen molar-refractivity contribution in [3.63, 3.8) is 0 Å². The van der Waals surface area contributed by atoms with Crippen LogP contribution in [0, 0.1) is 5.92 Å². The second-order valence-corrected chi connectivity index (χ2v) is 11.0. The molecule has 0 amide bonds. The second kappa shape index (κ2) is 8.84. The zero-order valence-corrected chi connectivity index (χ0v) is 21.9. The van der Waals surface area contributed by atoms with E-state index < -0.39 is 43.0 Å². The van der Waals surface area contributed by atoms with E-state index in [1.165, 1.54) is 13.2 Å². The van der Waals surface area contributed by atoms with Gasteiger partial charge in [0, 0.05) is 51.7 Å². The molecule has 1 saturated heterocycles. The zero-order chi connectivity index (χ0) is 27.3. The van der Waals surface area contributed by atoms with Crippen LogP contribution in [-0.2, 0) is 19.1 Å². The summed E-state index contributed by atoms with van der Waals surface area (Å²) in [5.41, 5.74) is 4.38. The lowest BCUT2D eigenvalue weighted by molar-refractivity contribution is -0.243. The van der Waals surface area contributed by atoms with Gasteiger partial charge in [-0.2, -0.15) is 0 Å². The van der Waals surface area contributed by atoms with Crippen molar-refractivity contribution in [1.82, 2.24) is 0 Å². The van der Waals surface area contributed by atoms with Gasteiger partial charge in [0.15, 0.2) is 11.6 Å². The summed E-state index contributed by atoms with van der Waals surface area (Å²) in [6.07, 6.45) is -0.603. The number of hydrogen-bond donors (Lipinski definition) is 3. The first-order chi connectivity index (χ1) is 18.7. The molecular formula is C27H21Cl2N3O7. The highest BCUT2D eigenvalue weighted by molar-refractivity contribution is 6.71. The van der Waals surface area contributed by atoms with Gasteiger partial charge in [-0.3, -0.25) is 9.59 Å². The van der Waals surface area contributed by atoms with Crippen LogP contribution in [0.5, 0.6) is 0 Å². The molecule has 1 aromatic rings. The number of aliphatic imine (C=N–C) groups is 2. The van der Waals surface area contributed by atoms with Gasteiger partial charge in [-0.1, -0.05) is 23.2 Å². The smallest absolute Gasteiger partial charge is 0.189 e. The molecule has 6 aliphatic rings. The molecule has 0 aromatic heterocycles. The summed E-state index contributed by atoms with van der Waals surface area (Å²) in [5, 5.41) is 33.3. The number of ketones is 2. The first kappa shape index (κ1) is 25.2. The van der Waals surface area contributed by atoms with E-state index in [9.17, 15) is 24.9 Å². The third-order valence-electron chi connectivity index (χ3n) is 8.12. The van der Waals surface area contributed by atoms with E-state index in [0.29, 0.717) is 49.3 Å². The molecule has 2 aliphatic carbocycles. The van der Waals surface area contributed by atoms with Crippen molar-refractivity contribution in [2.75, 3.05) is 13.7 Å². The Kier molecular flexibility index (Phi) is 5.70. The van der Waals surface area contributed by atoms with Gasteiger partial charge in [-0.25, -0.2) is 15.0 Å². The number of rotatable bonds is 3. The number of halogens is 2. The third-order valence-corrected chi connectivity index (χ3v) is 8.79. The van der Waals surface area contributed by atoms with E-state index in [4.69, 9.17) is 37.7 Å². The number of ether oxygens (including phenoxy) is 2. The SMILES string of the molecule is CO[C@H]1[C@H](O)[C@@H](O)[C@H]([C@@H]2CC3=C(C=C2Cl)N=c2c4c(c5c(c23)C(Cl)=NC=5)C2=CC(=O)CC(=O)C2=N4)O[C@@H]1CO. The molecular weight excluding hydrogens is 549 g/mol. The average molecular weight is 570 g/mol. The number of fused-ring (bicyclic) bond motifs is 9. The molecule has 7 rings (SSSR count). The molecule has 3 N–H and O–H groups in total. The second-order valence-electron chi connectivity index (χ2n) is 10.2. The van der Waals surface area contributed by atoms with Crippen molar-refractivity contribution in [2.45, 2.75) is 43.4 Å². The molecule has 1 fully saturated rings. The number of aliphatic hydroxyl groups excluding tert-OH is 3. The van der Waals surface area contributed by atoms with Crippen molar-refractivity contribution in [1.29, 1.82) is 0 Å². The fourth-order valence-corrected chi connectivity index (χ4v) is 6.91. The Bertz CT molecular complexity index is 1690. The minimum absolute atomic E-state index is 0.221. The number of nitrogens with zero attached hydrogens (tertiary/aromatic N) is 3. The fourth-order valence-electron chi connectivity index (χ4n) is 6.36. The number of benzene rings is 1. The van der Waals surface area contributed by atoms with Crippen LogP contribution in [0.3, 0.4) is 0 Å². The van der Waals surface area contributed by atoms with Gasteiger partial charge in [-0.15, -0.1) is 0 Å². The number of Topliss-reactive ketones (excluding diaryl/α,β-unsaturated/α-hetero) is 1. The molecule has 0 radical (unpaired) electrons. The Morgan fingerprint density at radius 2 is 1.90 bits per heavy atom. The molecule has 0 unspecified atom stereocenters. The van der Waals surface area contributed by atoms with Crippen LogP contribution < -0.4 is 10.6 Å². The maximum Gasteiger partial charge on any atom is 0.189 e. The van der Waals surface area contributed by atoms with Gasteiger partial charge in [-0.05, 0) is 24.1 Å². The van der Waals surface area contributed by atoms with E-state index in [1.807, 2.05) is 0 Å². The standard InChI is InChI=1S/C27H21Cl2N3O7/c1-38-26-16(7-33)39-25(23(36)24(26)37)9-4-10-14(5-13(9)28)31-22-18(10)19-12(6-30-27(19)29)17-11-2-8(34)3-15(35)20(11)32-21(17)22/h2,5-6,9,16,23-26,33,36-37H,3-4,7H2,1H3/t9-,16-,23-,24-,25+,26-/m1/s1. The van der Waals surface area contributed by atoms with E-state index in [1.54, 1.807) is 12.3 Å². The molecule has 200 valence electrons. The molecule has 0 spiro atoms. The van der Waals surface area contributed by atoms with E-state index >= 15 is 0 Å². The highest BCUT2D eigenvalue weighted by atomic mass is 35.5. The highest BCUT2D eigenvalue weighted by Gasteiger charge is 2.49. The first-order valence-electron chi connectivity index (χ1n) is 12.4. The van der Waals surface area contributed by atoms with Crippen LogP contribution in [0.2, 0.25) is 0 Å². The number of carbonyl (C=O) groups excluding carboxylic acids is 2. The molecule has 39 heavy (non-hydrogen) atoms. The van der Waals surface area contributed by atoms with Crippen LogP contribution in [0.15, 0.2) is 37.9 Å². The Hall–Kier alpha value is -2.83. The third kappa shape index (κ3) is 3.43. The number of allylic oxidation sites excluding steroid dienone is 4. The van der Waals surface area contributed by atoms with Gasteiger partial charge < -0.3 is 24.8 Å². The monoisotopic (exact) mass is 569 g/mol. The van der Waals surface area contributed by atoms with E-state index in [2.05, 4.69) is 9.98 Å². The summed E-state index contributed by atoms with van der Waals surface area (Å²) >= 11 is 13.3. The molecule has 4 aliphatic heterocycles.